The second-order valence-corrected chi connectivity index (χ2v) is 5.62. The predicted octanol–water partition coefficient (Wildman–Crippen LogP) is 2.51. The SMILES string of the molecule is CCCC[C@H](CC)CNC(=O)C[C@H](C)OC(=O)CCC(=O)O. The van der Waals surface area contributed by atoms with Crippen molar-refractivity contribution in [3.63, 3.8) is 0 Å². The van der Waals surface area contributed by atoms with Crippen LogP contribution in [0.25, 0.3) is 0 Å². The Bertz CT molecular complexity index is 356. The van der Waals surface area contributed by atoms with Crippen molar-refractivity contribution in [3.05, 3.63) is 0 Å². The van der Waals surface area contributed by atoms with Gasteiger partial charge in [0.1, 0.15) is 6.10 Å². The molecule has 0 aliphatic heterocycles. The zero-order valence-corrected chi connectivity index (χ0v) is 13.9. The lowest BCUT2D eigenvalue weighted by molar-refractivity contribution is -0.152. The number of ether oxygens (including phenoxy) is 1. The summed E-state index contributed by atoms with van der Waals surface area (Å²) < 4.78 is 5.01. The summed E-state index contributed by atoms with van der Waals surface area (Å²) in [5.41, 5.74) is 0. The van der Waals surface area contributed by atoms with E-state index in [0.29, 0.717) is 12.5 Å². The zero-order valence-electron chi connectivity index (χ0n) is 13.9. The van der Waals surface area contributed by atoms with Gasteiger partial charge >= 0.3 is 11.9 Å². The maximum absolute atomic E-state index is 11.8. The number of aliphatic carboxylic acids is 1. The number of carboxylic acids is 1. The molecule has 0 aromatic carbocycles. The minimum Gasteiger partial charge on any atom is -0.481 e. The molecule has 0 heterocycles. The van der Waals surface area contributed by atoms with Crippen molar-refractivity contribution in [1.29, 1.82) is 0 Å². The molecule has 1 amide bonds. The summed E-state index contributed by atoms with van der Waals surface area (Å²) >= 11 is 0. The van der Waals surface area contributed by atoms with Crippen LogP contribution in [-0.2, 0) is 19.1 Å². The molecule has 0 saturated heterocycles. The molecule has 0 unspecified atom stereocenters. The number of nitrogens with one attached hydrogen (secondary N) is 1. The van der Waals surface area contributed by atoms with Gasteiger partial charge < -0.3 is 15.2 Å². The van der Waals surface area contributed by atoms with Crippen molar-refractivity contribution in [2.45, 2.75) is 71.8 Å². The van der Waals surface area contributed by atoms with Gasteiger partial charge in [-0.3, -0.25) is 14.4 Å². The first kappa shape index (κ1) is 20.4. The highest BCUT2D eigenvalue weighted by molar-refractivity contribution is 5.78. The third-order valence-electron chi connectivity index (χ3n) is 3.48. The molecular weight excluding hydrogens is 286 g/mol. The van der Waals surface area contributed by atoms with Crippen molar-refractivity contribution < 1.29 is 24.2 Å². The molecule has 128 valence electrons. The molecule has 0 aliphatic carbocycles. The van der Waals surface area contributed by atoms with Crippen LogP contribution < -0.4 is 5.32 Å². The molecule has 0 aromatic heterocycles. The van der Waals surface area contributed by atoms with Gasteiger partial charge in [0.15, 0.2) is 0 Å². The number of esters is 1. The highest BCUT2D eigenvalue weighted by Gasteiger charge is 2.15. The van der Waals surface area contributed by atoms with Crippen molar-refractivity contribution in [1.82, 2.24) is 5.32 Å². The molecule has 0 rings (SSSR count). The first-order valence-electron chi connectivity index (χ1n) is 8.06. The number of rotatable bonds is 12. The van der Waals surface area contributed by atoms with Crippen LogP contribution in [0.1, 0.15) is 65.7 Å². The van der Waals surface area contributed by atoms with Crippen LogP contribution in [0.2, 0.25) is 0 Å². The second-order valence-electron chi connectivity index (χ2n) is 5.62. The van der Waals surface area contributed by atoms with Crippen molar-refractivity contribution in [2.24, 2.45) is 5.92 Å². The number of carbonyl (C=O) groups is 3. The Kier molecular flexibility index (Phi) is 11.1. The maximum atomic E-state index is 11.8. The normalized spacial score (nSPS) is 13.2. The van der Waals surface area contributed by atoms with Crippen LogP contribution in [0.15, 0.2) is 0 Å². The lowest BCUT2D eigenvalue weighted by atomic mass is 9.99. The lowest BCUT2D eigenvalue weighted by Gasteiger charge is -2.17. The maximum Gasteiger partial charge on any atom is 0.306 e. The van der Waals surface area contributed by atoms with E-state index >= 15 is 0 Å². The van der Waals surface area contributed by atoms with E-state index in [4.69, 9.17) is 9.84 Å². The van der Waals surface area contributed by atoms with Gasteiger partial charge in [-0.05, 0) is 19.3 Å². The van der Waals surface area contributed by atoms with E-state index in [1.54, 1.807) is 6.92 Å². The number of amides is 1. The number of carbonyl (C=O) groups excluding carboxylic acids is 2. The first-order chi connectivity index (χ1) is 10.4. The molecule has 0 radical (unpaired) electrons. The topological polar surface area (TPSA) is 92.7 Å². The molecular formula is C16H29NO5. The molecule has 2 atom stereocenters. The predicted molar refractivity (Wildman–Crippen MR) is 83.4 cm³/mol. The largest absolute Gasteiger partial charge is 0.481 e. The van der Waals surface area contributed by atoms with E-state index in [1.807, 2.05) is 0 Å². The highest BCUT2D eigenvalue weighted by atomic mass is 16.5. The van der Waals surface area contributed by atoms with Crippen LogP contribution in [0.5, 0.6) is 0 Å². The molecule has 2 N–H and O–H groups in total. The van der Waals surface area contributed by atoms with Gasteiger partial charge in [0.2, 0.25) is 5.91 Å². The molecule has 0 bridgehead atoms. The third-order valence-corrected chi connectivity index (χ3v) is 3.48. The van der Waals surface area contributed by atoms with Gasteiger partial charge in [0.25, 0.3) is 0 Å². The highest BCUT2D eigenvalue weighted by Crippen LogP contribution is 2.11. The molecule has 6 heteroatoms. The average molecular weight is 315 g/mol. The first-order valence-corrected chi connectivity index (χ1v) is 8.06. The van der Waals surface area contributed by atoms with Gasteiger partial charge in [-0.2, -0.15) is 0 Å². The summed E-state index contributed by atoms with van der Waals surface area (Å²) in [6.07, 6.45) is 3.57. The van der Waals surface area contributed by atoms with E-state index < -0.39 is 18.0 Å². The lowest BCUT2D eigenvalue weighted by Crippen LogP contribution is -2.32. The fourth-order valence-electron chi connectivity index (χ4n) is 2.07. The Morgan fingerprint density at radius 2 is 1.86 bits per heavy atom. The van der Waals surface area contributed by atoms with Crippen molar-refractivity contribution in [3.8, 4) is 0 Å². The van der Waals surface area contributed by atoms with E-state index in [9.17, 15) is 14.4 Å². The number of carboxylic acid groups (broad SMARTS) is 1. The number of unbranched alkanes of at least 4 members (excludes halogenated alkanes) is 1. The van der Waals surface area contributed by atoms with Crippen LogP contribution >= 0.6 is 0 Å². The Balaban J connectivity index is 3.94. The standard InChI is InChI=1S/C16H29NO5/c1-4-6-7-13(5-2)11-17-14(18)10-12(3)22-16(21)9-8-15(19)20/h12-13H,4-11H2,1-3H3,(H,17,18)(H,19,20)/t12-,13-/m0/s1. The summed E-state index contributed by atoms with van der Waals surface area (Å²) in [5, 5.41) is 11.3. The molecule has 0 aromatic rings. The summed E-state index contributed by atoms with van der Waals surface area (Å²) in [4.78, 5) is 33.5. The minimum atomic E-state index is -1.04. The fourth-order valence-corrected chi connectivity index (χ4v) is 2.07. The third kappa shape index (κ3) is 11.1. The molecule has 0 aliphatic rings. The Morgan fingerprint density at radius 3 is 2.41 bits per heavy atom. The quantitative estimate of drug-likeness (QED) is 0.540. The van der Waals surface area contributed by atoms with Crippen LogP contribution in [-0.4, -0.2) is 35.6 Å². The second kappa shape index (κ2) is 12.0. The summed E-state index contributed by atoms with van der Waals surface area (Å²) in [7, 11) is 0. The van der Waals surface area contributed by atoms with Crippen LogP contribution in [0, 0.1) is 5.92 Å². The summed E-state index contributed by atoms with van der Waals surface area (Å²) in [6.45, 7) is 6.53. The minimum absolute atomic E-state index is 0.100. The van der Waals surface area contributed by atoms with Gasteiger partial charge in [-0.25, -0.2) is 0 Å². The number of hydrogen-bond donors (Lipinski definition) is 2. The molecule has 6 nitrogen and oxygen atoms in total. The van der Waals surface area contributed by atoms with Gasteiger partial charge in [0.05, 0.1) is 19.3 Å². The Hall–Kier alpha value is -1.59. The van der Waals surface area contributed by atoms with Gasteiger partial charge in [-0.1, -0.05) is 33.1 Å². The summed E-state index contributed by atoms with van der Waals surface area (Å²) in [6, 6.07) is 0. The van der Waals surface area contributed by atoms with E-state index in [0.717, 1.165) is 25.7 Å². The summed E-state index contributed by atoms with van der Waals surface area (Å²) in [5.74, 6) is -1.29. The Labute approximate surface area is 132 Å². The van der Waals surface area contributed by atoms with E-state index in [-0.39, 0.29) is 25.2 Å². The average Bonchev–Trinajstić information content (AvgIpc) is 2.45. The molecule has 22 heavy (non-hydrogen) atoms. The van der Waals surface area contributed by atoms with E-state index in [2.05, 4.69) is 19.2 Å². The molecule has 0 fully saturated rings. The smallest absolute Gasteiger partial charge is 0.306 e. The Morgan fingerprint density at radius 1 is 1.18 bits per heavy atom. The molecule has 0 spiro atoms. The van der Waals surface area contributed by atoms with Crippen LogP contribution in [0.3, 0.4) is 0 Å². The monoisotopic (exact) mass is 315 g/mol. The fraction of sp³-hybridized carbons (Fsp3) is 0.812. The number of hydrogen-bond acceptors (Lipinski definition) is 4. The zero-order chi connectivity index (χ0) is 17.0. The van der Waals surface area contributed by atoms with Gasteiger partial charge in [0, 0.05) is 6.54 Å². The van der Waals surface area contributed by atoms with Crippen molar-refractivity contribution in [2.75, 3.05) is 6.54 Å². The van der Waals surface area contributed by atoms with Crippen LogP contribution in [0.4, 0.5) is 0 Å². The van der Waals surface area contributed by atoms with E-state index in [1.165, 1.54) is 0 Å². The van der Waals surface area contributed by atoms with Crippen molar-refractivity contribution >= 4 is 17.8 Å². The van der Waals surface area contributed by atoms with Gasteiger partial charge in [-0.15, -0.1) is 0 Å². The molecule has 0 saturated carbocycles.